The molecule has 0 radical (unpaired) electrons. The fourth-order valence-electron chi connectivity index (χ4n) is 3.93. The molecule has 0 aliphatic heterocycles. The van der Waals surface area contributed by atoms with Crippen LogP contribution in [-0.2, 0) is 4.79 Å². The fraction of sp³-hybridized carbons (Fsp3) is 0.148. The summed E-state index contributed by atoms with van der Waals surface area (Å²) < 4.78 is 17.2. The predicted molar refractivity (Wildman–Crippen MR) is 133 cm³/mol. The molecule has 0 saturated carbocycles. The molecule has 1 heterocycles. The molecule has 0 aliphatic carbocycles. The van der Waals surface area contributed by atoms with Crippen LogP contribution in [0.1, 0.15) is 18.1 Å². The van der Waals surface area contributed by atoms with Gasteiger partial charge in [0.15, 0.2) is 0 Å². The van der Waals surface area contributed by atoms with Crippen LogP contribution in [0, 0.1) is 6.92 Å². The molecule has 0 spiro atoms. The monoisotopic (exact) mass is 461 g/mol. The van der Waals surface area contributed by atoms with E-state index in [0.717, 1.165) is 44.5 Å². The lowest BCUT2D eigenvalue weighted by molar-refractivity contribution is -0.111. The Kier molecular flexibility index (Phi) is 6.43. The standard InChI is InChI=1S/C27H24ClNO4/c1-16(13-25(30)29-19-11-9-18(28)10-12-19)21-14-22-23(20-7-5-6-8-24(20)31-3)15-33-27(22)17(2)26(21)32-4/h5-15H,1-4H3,(H,29,30)/b16-13+. The second-order valence-corrected chi connectivity index (χ2v) is 8.07. The molecule has 0 unspecified atom stereocenters. The van der Waals surface area contributed by atoms with Crippen LogP contribution in [0.3, 0.4) is 0 Å². The number of benzene rings is 3. The lowest BCUT2D eigenvalue weighted by Crippen LogP contribution is -2.08. The van der Waals surface area contributed by atoms with E-state index in [2.05, 4.69) is 5.32 Å². The van der Waals surface area contributed by atoms with Gasteiger partial charge in [-0.3, -0.25) is 4.79 Å². The smallest absolute Gasteiger partial charge is 0.248 e. The lowest BCUT2D eigenvalue weighted by Gasteiger charge is -2.14. The average molecular weight is 462 g/mol. The van der Waals surface area contributed by atoms with Crippen LogP contribution in [-0.4, -0.2) is 20.1 Å². The molecule has 6 heteroatoms. The fourth-order valence-corrected chi connectivity index (χ4v) is 4.06. The molecule has 0 atom stereocenters. The Balaban J connectivity index is 1.78. The van der Waals surface area contributed by atoms with Gasteiger partial charge in [0, 0.05) is 44.4 Å². The second-order valence-electron chi connectivity index (χ2n) is 7.63. The number of fused-ring (bicyclic) bond motifs is 1. The van der Waals surface area contributed by atoms with E-state index in [0.29, 0.717) is 16.5 Å². The van der Waals surface area contributed by atoms with E-state index in [1.54, 1.807) is 50.8 Å². The number of methoxy groups -OCH3 is 2. The lowest BCUT2D eigenvalue weighted by atomic mass is 9.96. The number of para-hydroxylation sites is 1. The highest BCUT2D eigenvalue weighted by Gasteiger charge is 2.20. The van der Waals surface area contributed by atoms with E-state index in [9.17, 15) is 4.79 Å². The van der Waals surface area contributed by atoms with E-state index in [-0.39, 0.29) is 5.91 Å². The van der Waals surface area contributed by atoms with Gasteiger partial charge in [0.25, 0.3) is 0 Å². The zero-order valence-electron chi connectivity index (χ0n) is 18.9. The largest absolute Gasteiger partial charge is 0.496 e. The first-order chi connectivity index (χ1) is 15.9. The molecule has 4 aromatic rings. The van der Waals surface area contributed by atoms with Crippen molar-refractivity contribution in [2.24, 2.45) is 0 Å². The van der Waals surface area contributed by atoms with Crippen molar-refractivity contribution >= 4 is 39.7 Å². The Morgan fingerprint density at radius 2 is 1.76 bits per heavy atom. The highest BCUT2D eigenvalue weighted by molar-refractivity contribution is 6.30. The first-order valence-corrected chi connectivity index (χ1v) is 10.8. The summed E-state index contributed by atoms with van der Waals surface area (Å²) in [4.78, 5) is 12.7. The van der Waals surface area contributed by atoms with E-state index in [1.807, 2.05) is 44.2 Å². The number of anilines is 1. The van der Waals surface area contributed by atoms with Crippen molar-refractivity contribution in [1.82, 2.24) is 0 Å². The summed E-state index contributed by atoms with van der Waals surface area (Å²) in [5.41, 5.74) is 5.67. The summed E-state index contributed by atoms with van der Waals surface area (Å²) in [6.07, 6.45) is 3.28. The number of carbonyl (C=O) groups excluding carboxylic acids is 1. The van der Waals surface area contributed by atoms with Gasteiger partial charge in [0.2, 0.25) is 5.91 Å². The molecule has 0 bridgehead atoms. The summed E-state index contributed by atoms with van der Waals surface area (Å²) in [7, 11) is 3.26. The number of halogens is 1. The Hall–Kier alpha value is -3.70. The number of furan rings is 1. The van der Waals surface area contributed by atoms with Gasteiger partial charge in [0.1, 0.15) is 17.1 Å². The van der Waals surface area contributed by atoms with Gasteiger partial charge in [-0.25, -0.2) is 0 Å². The summed E-state index contributed by atoms with van der Waals surface area (Å²) in [5, 5.41) is 4.38. The minimum Gasteiger partial charge on any atom is -0.496 e. The molecule has 4 rings (SSSR count). The van der Waals surface area contributed by atoms with Crippen LogP contribution >= 0.6 is 11.6 Å². The van der Waals surface area contributed by atoms with Crippen molar-refractivity contribution in [2.45, 2.75) is 13.8 Å². The summed E-state index contributed by atoms with van der Waals surface area (Å²) in [6, 6.07) is 16.8. The quantitative estimate of drug-likeness (QED) is 0.310. The first kappa shape index (κ1) is 22.5. The molecule has 0 aliphatic rings. The second kappa shape index (κ2) is 9.43. The van der Waals surface area contributed by atoms with Gasteiger partial charge in [-0.2, -0.15) is 0 Å². The SMILES string of the molecule is COc1ccccc1-c1coc2c(C)c(OC)c(/C(C)=C/C(=O)Nc3ccc(Cl)cc3)cc12. The Morgan fingerprint density at radius 1 is 1.03 bits per heavy atom. The number of rotatable bonds is 6. The zero-order chi connectivity index (χ0) is 23.5. The molecule has 1 amide bonds. The predicted octanol–water partition coefficient (Wildman–Crippen LogP) is 7.12. The third-order valence-corrected chi connectivity index (χ3v) is 5.78. The number of carbonyl (C=O) groups is 1. The van der Waals surface area contributed by atoms with Crippen LogP contribution in [0.2, 0.25) is 5.02 Å². The number of hydrogen-bond acceptors (Lipinski definition) is 4. The van der Waals surface area contributed by atoms with Gasteiger partial charge in [-0.05, 0) is 55.8 Å². The number of ether oxygens (including phenoxy) is 2. The average Bonchev–Trinajstić information content (AvgIpc) is 3.24. The maximum Gasteiger partial charge on any atom is 0.248 e. The van der Waals surface area contributed by atoms with Crippen LogP contribution < -0.4 is 14.8 Å². The molecular formula is C27H24ClNO4. The number of nitrogens with one attached hydrogen (secondary N) is 1. The summed E-state index contributed by atoms with van der Waals surface area (Å²) >= 11 is 5.92. The maximum absolute atomic E-state index is 12.7. The normalized spacial score (nSPS) is 11.5. The van der Waals surface area contributed by atoms with Gasteiger partial charge in [-0.1, -0.05) is 29.8 Å². The van der Waals surface area contributed by atoms with E-state index in [4.69, 9.17) is 25.5 Å². The molecule has 0 saturated heterocycles. The molecule has 5 nitrogen and oxygen atoms in total. The van der Waals surface area contributed by atoms with Gasteiger partial charge < -0.3 is 19.2 Å². The molecular weight excluding hydrogens is 438 g/mol. The van der Waals surface area contributed by atoms with E-state index >= 15 is 0 Å². The molecule has 3 aromatic carbocycles. The zero-order valence-corrected chi connectivity index (χ0v) is 19.6. The number of hydrogen-bond donors (Lipinski definition) is 1. The Bertz CT molecular complexity index is 1350. The van der Waals surface area contributed by atoms with Crippen LogP contribution in [0.4, 0.5) is 5.69 Å². The van der Waals surface area contributed by atoms with E-state index < -0.39 is 0 Å². The third kappa shape index (κ3) is 4.45. The van der Waals surface area contributed by atoms with E-state index in [1.165, 1.54) is 0 Å². The molecule has 168 valence electrons. The molecule has 1 N–H and O–H groups in total. The molecule has 1 aromatic heterocycles. The van der Waals surface area contributed by atoms with Crippen molar-refractivity contribution < 1.29 is 18.7 Å². The molecule has 0 fully saturated rings. The summed E-state index contributed by atoms with van der Waals surface area (Å²) in [6.45, 7) is 3.83. The van der Waals surface area contributed by atoms with Gasteiger partial charge in [-0.15, -0.1) is 0 Å². The van der Waals surface area contributed by atoms with Crippen molar-refractivity contribution in [3.05, 3.63) is 83.1 Å². The highest BCUT2D eigenvalue weighted by atomic mass is 35.5. The van der Waals surface area contributed by atoms with Crippen molar-refractivity contribution in [1.29, 1.82) is 0 Å². The minimum atomic E-state index is -0.244. The topological polar surface area (TPSA) is 60.7 Å². The highest BCUT2D eigenvalue weighted by Crippen LogP contribution is 2.42. The van der Waals surface area contributed by atoms with Crippen LogP contribution in [0.5, 0.6) is 11.5 Å². The first-order valence-electron chi connectivity index (χ1n) is 10.4. The minimum absolute atomic E-state index is 0.244. The van der Waals surface area contributed by atoms with Crippen LogP contribution in [0.15, 0.2) is 71.4 Å². The van der Waals surface area contributed by atoms with Crippen molar-refractivity contribution in [2.75, 3.05) is 19.5 Å². The number of amides is 1. The van der Waals surface area contributed by atoms with Crippen LogP contribution in [0.25, 0.3) is 27.7 Å². The summed E-state index contributed by atoms with van der Waals surface area (Å²) in [5.74, 6) is 1.17. The van der Waals surface area contributed by atoms with Crippen molar-refractivity contribution in [3.63, 3.8) is 0 Å². The maximum atomic E-state index is 12.7. The third-order valence-electron chi connectivity index (χ3n) is 5.53. The number of aryl methyl sites for hydroxylation is 1. The van der Waals surface area contributed by atoms with Gasteiger partial charge >= 0.3 is 0 Å². The van der Waals surface area contributed by atoms with Crippen molar-refractivity contribution in [3.8, 4) is 22.6 Å². The molecule has 33 heavy (non-hydrogen) atoms. The number of allylic oxidation sites excluding steroid dienone is 1. The van der Waals surface area contributed by atoms with Gasteiger partial charge in [0.05, 0.1) is 20.5 Å². The Morgan fingerprint density at radius 3 is 2.45 bits per heavy atom. The Labute approximate surface area is 197 Å².